The van der Waals surface area contributed by atoms with Crippen LogP contribution in [0.4, 0.5) is 0 Å². The van der Waals surface area contributed by atoms with E-state index in [0.29, 0.717) is 38.6 Å². The Kier molecular flexibility index (Phi) is 16.0. The highest BCUT2D eigenvalue weighted by Gasteiger charge is 2.19. The van der Waals surface area contributed by atoms with Gasteiger partial charge < -0.3 is 24.0 Å². The topological polar surface area (TPSA) is 112 Å². The Hall–Kier alpha value is -0.500. The highest BCUT2D eigenvalue weighted by Crippen LogP contribution is 2.35. The number of phosphoric ester groups is 1. The fourth-order valence-corrected chi connectivity index (χ4v) is 2.95. The van der Waals surface area contributed by atoms with E-state index in [0.717, 1.165) is 25.7 Å². The number of unbranched alkanes of at least 4 members (excludes halogenated alkanes) is 1. The Bertz CT molecular complexity index is 440. The molecule has 9 heteroatoms. The summed E-state index contributed by atoms with van der Waals surface area (Å²) in [5.41, 5.74) is 0. The molecule has 0 aromatic heterocycles. The lowest BCUT2D eigenvalue weighted by atomic mass is 10.00. The van der Waals surface area contributed by atoms with Crippen molar-refractivity contribution in [1.29, 1.82) is 0 Å². The zero-order valence-electron chi connectivity index (χ0n) is 17.8. The number of esters is 1. The average Bonchev–Trinajstić information content (AvgIpc) is 2.64. The van der Waals surface area contributed by atoms with Crippen LogP contribution in [0, 0.1) is 11.8 Å². The van der Waals surface area contributed by atoms with Crippen molar-refractivity contribution in [2.45, 2.75) is 72.3 Å². The van der Waals surface area contributed by atoms with E-state index in [4.69, 9.17) is 24.0 Å². The second-order valence-corrected chi connectivity index (χ2v) is 8.26. The van der Waals surface area contributed by atoms with Gasteiger partial charge in [-0.15, -0.1) is 0 Å². The average molecular weight is 426 g/mol. The molecule has 3 unspecified atom stereocenters. The summed E-state index contributed by atoms with van der Waals surface area (Å²) in [6.45, 7) is 9.18. The van der Waals surface area contributed by atoms with Crippen LogP contribution in [0.2, 0.25) is 0 Å². The van der Waals surface area contributed by atoms with Gasteiger partial charge in [-0.05, 0) is 32.1 Å². The van der Waals surface area contributed by atoms with Crippen LogP contribution in [0.3, 0.4) is 0 Å². The maximum atomic E-state index is 12.3. The zero-order valence-corrected chi connectivity index (χ0v) is 18.7. The number of hydrogen-bond acceptors (Lipinski definition) is 6. The molecule has 0 amide bonds. The summed E-state index contributed by atoms with van der Waals surface area (Å²) in [5.74, 6) is 0.113. The molecule has 8 nitrogen and oxygen atoms in total. The number of carbonyl (C=O) groups excluding carboxylic acids is 1. The predicted molar refractivity (Wildman–Crippen MR) is 107 cm³/mol. The van der Waals surface area contributed by atoms with Crippen LogP contribution >= 0.6 is 7.82 Å². The third-order valence-corrected chi connectivity index (χ3v) is 5.06. The fraction of sp³-hybridized carbons (Fsp3) is 0.947. The van der Waals surface area contributed by atoms with Gasteiger partial charge in [-0.25, -0.2) is 4.57 Å². The molecule has 168 valence electrons. The third-order valence-electron chi connectivity index (χ3n) is 4.54. The SMILES string of the molecule is CCCCC(CC)COC(=O)C(CC)CCOCC(C)OCCOP(=O)(O)O. The zero-order chi connectivity index (χ0) is 21.4. The van der Waals surface area contributed by atoms with Crippen molar-refractivity contribution < 1.29 is 37.9 Å². The summed E-state index contributed by atoms with van der Waals surface area (Å²) in [4.78, 5) is 29.4. The van der Waals surface area contributed by atoms with Gasteiger partial charge in [0.05, 0.1) is 38.4 Å². The normalized spacial score (nSPS) is 15.2. The highest BCUT2D eigenvalue weighted by atomic mass is 31.2. The Morgan fingerprint density at radius 2 is 1.71 bits per heavy atom. The minimum Gasteiger partial charge on any atom is -0.465 e. The molecule has 0 spiro atoms. The first kappa shape index (κ1) is 27.5. The summed E-state index contributed by atoms with van der Waals surface area (Å²) >= 11 is 0. The van der Waals surface area contributed by atoms with Crippen LogP contribution < -0.4 is 0 Å². The van der Waals surface area contributed by atoms with Crippen molar-refractivity contribution in [1.82, 2.24) is 0 Å². The second-order valence-electron chi connectivity index (χ2n) is 7.02. The first-order valence-corrected chi connectivity index (χ1v) is 11.8. The maximum absolute atomic E-state index is 12.3. The van der Waals surface area contributed by atoms with Gasteiger partial charge in [-0.2, -0.15) is 0 Å². The Morgan fingerprint density at radius 3 is 2.29 bits per heavy atom. The van der Waals surface area contributed by atoms with E-state index in [2.05, 4.69) is 18.4 Å². The van der Waals surface area contributed by atoms with Crippen molar-refractivity contribution in [2.75, 3.05) is 33.0 Å². The maximum Gasteiger partial charge on any atom is 0.469 e. The van der Waals surface area contributed by atoms with E-state index in [1.807, 2.05) is 6.92 Å². The van der Waals surface area contributed by atoms with Crippen LogP contribution in [-0.4, -0.2) is 54.9 Å². The van der Waals surface area contributed by atoms with Gasteiger partial charge >= 0.3 is 13.8 Å². The van der Waals surface area contributed by atoms with Crippen molar-refractivity contribution >= 4 is 13.8 Å². The van der Waals surface area contributed by atoms with Gasteiger partial charge in [-0.1, -0.05) is 40.0 Å². The highest BCUT2D eigenvalue weighted by molar-refractivity contribution is 7.46. The summed E-state index contributed by atoms with van der Waals surface area (Å²) in [7, 11) is -4.45. The smallest absolute Gasteiger partial charge is 0.465 e. The van der Waals surface area contributed by atoms with Crippen molar-refractivity contribution in [3.63, 3.8) is 0 Å². The third kappa shape index (κ3) is 15.4. The molecular weight excluding hydrogens is 387 g/mol. The molecule has 3 atom stereocenters. The molecule has 0 aliphatic carbocycles. The number of hydrogen-bond donors (Lipinski definition) is 2. The monoisotopic (exact) mass is 426 g/mol. The lowest BCUT2D eigenvalue weighted by Gasteiger charge is -2.19. The van der Waals surface area contributed by atoms with E-state index in [1.54, 1.807) is 6.92 Å². The van der Waals surface area contributed by atoms with E-state index >= 15 is 0 Å². The Balaban J connectivity index is 3.94. The van der Waals surface area contributed by atoms with E-state index in [9.17, 15) is 9.36 Å². The molecule has 0 aromatic rings. The molecule has 0 radical (unpaired) electrons. The molecular formula is C19H39O8P. The van der Waals surface area contributed by atoms with Crippen LogP contribution in [0.25, 0.3) is 0 Å². The summed E-state index contributed by atoms with van der Waals surface area (Å²) < 4.78 is 31.2. The van der Waals surface area contributed by atoms with Gasteiger partial charge in [0, 0.05) is 6.61 Å². The standard InChI is InChI=1S/C19H39O8P/c1-5-8-9-17(6-2)15-26-19(20)18(7-3)10-11-24-14-16(4)25-12-13-27-28(21,22)23/h16-18H,5-15H2,1-4H3,(H2,21,22,23). The largest absolute Gasteiger partial charge is 0.469 e. The van der Waals surface area contributed by atoms with Crippen LogP contribution in [0.5, 0.6) is 0 Å². The van der Waals surface area contributed by atoms with Crippen LogP contribution in [0.1, 0.15) is 66.2 Å². The van der Waals surface area contributed by atoms with Crippen LogP contribution in [0.15, 0.2) is 0 Å². The lowest BCUT2D eigenvalue weighted by Crippen LogP contribution is -2.23. The molecule has 0 rings (SSSR count). The molecule has 0 heterocycles. The summed E-state index contributed by atoms with van der Waals surface area (Å²) in [5, 5.41) is 0. The minimum atomic E-state index is -4.45. The minimum absolute atomic E-state index is 0.0656. The van der Waals surface area contributed by atoms with Gasteiger partial charge in [0.25, 0.3) is 0 Å². The molecule has 0 saturated carbocycles. The lowest BCUT2D eigenvalue weighted by molar-refractivity contribution is -0.151. The summed E-state index contributed by atoms with van der Waals surface area (Å²) in [6.07, 6.45) is 5.48. The molecule has 0 saturated heterocycles. The van der Waals surface area contributed by atoms with E-state index in [-0.39, 0.29) is 31.2 Å². The van der Waals surface area contributed by atoms with Crippen molar-refractivity contribution in [3.8, 4) is 0 Å². The number of ether oxygens (including phenoxy) is 3. The summed E-state index contributed by atoms with van der Waals surface area (Å²) in [6, 6.07) is 0. The number of phosphoric acid groups is 1. The quantitative estimate of drug-likeness (QED) is 0.194. The van der Waals surface area contributed by atoms with Crippen molar-refractivity contribution in [2.24, 2.45) is 11.8 Å². The van der Waals surface area contributed by atoms with Gasteiger partial charge in [0.1, 0.15) is 0 Å². The molecule has 2 N–H and O–H groups in total. The van der Waals surface area contributed by atoms with E-state index in [1.165, 1.54) is 0 Å². The number of rotatable bonds is 18. The first-order chi connectivity index (χ1) is 13.2. The number of carbonyl (C=O) groups is 1. The molecule has 0 bridgehead atoms. The van der Waals surface area contributed by atoms with Gasteiger partial charge in [0.2, 0.25) is 0 Å². The van der Waals surface area contributed by atoms with Crippen molar-refractivity contribution in [3.05, 3.63) is 0 Å². The Labute approximate surface area is 169 Å². The molecule has 28 heavy (non-hydrogen) atoms. The van der Waals surface area contributed by atoms with Gasteiger partial charge in [-0.3, -0.25) is 9.32 Å². The fourth-order valence-electron chi connectivity index (χ4n) is 2.63. The van der Waals surface area contributed by atoms with E-state index < -0.39 is 7.82 Å². The molecule has 0 fully saturated rings. The molecule has 0 aromatic carbocycles. The Morgan fingerprint density at radius 1 is 1.00 bits per heavy atom. The molecule has 0 aliphatic rings. The second kappa shape index (κ2) is 16.3. The predicted octanol–water partition coefficient (Wildman–Crippen LogP) is 3.69. The van der Waals surface area contributed by atoms with Gasteiger partial charge in [0.15, 0.2) is 0 Å². The molecule has 0 aliphatic heterocycles. The van der Waals surface area contributed by atoms with Crippen LogP contribution in [-0.2, 0) is 28.1 Å². The first-order valence-electron chi connectivity index (χ1n) is 10.3.